The molecule has 9 heteroatoms. The fourth-order valence-corrected chi connectivity index (χ4v) is 5.57. The molecule has 7 nitrogen and oxygen atoms in total. The maximum absolute atomic E-state index is 14.8. The van der Waals surface area contributed by atoms with E-state index < -0.39 is 11.9 Å². The molecule has 0 bridgehead atoms. The molecule has 3 aromatic carbocycles. The summed E-state index contributed by atoms with van der Waals surface area (Å²) in [7, 11) is 1.99. The molecule has 6 rings (SSSR count). The number of nitrogens with zero attached hydrogens (tertiary/aromatic N) is 4. The molecule has 0 saturated carbocycles. The van der Waals surface area contributed by atoms with Crippen LogP contribution in [-0.4, -0.2) is 45.8 Å². The summed E-state index contributed by atoms with van der Waals surface area (Å²) < 4.78 is 36.6. The first-order valence-corrected chi connectivity index (χ1v) is 12.9. The Bertz CT molecular complexity index is 1640. The van der Waals surface area contributed by atoms with Crippen LogP contribution in [0.2, 0.25) is 0 Å². The van der Waals surface area contributed by atoms with E-state index in [4.69, 9.17) is 4.74 Å². The monoisotopic (exact) mass is 527 g/mol. The number of likely N-dealkylation sites (tertiary alicyclic amines) is 1. The topological polar surface area (TPSA) is 86.3 Å². The number of imidazole rings is 1. The number of ether oxygens (including phenoxy) is 1. The zero-order valence-corrected chi connectivity index (χ0v) is 21.4. The molecule has 2 atom stereocenters. The predicted octanol–water partition coefficient (Wildman–Crippen LogP) is 5.00. The molecule has 0 aliphatic carbocycles. The van der Waals surface area contributed by atoms with Gasteiger partial charge in [-0.15, -0.1) is 0 Å². The van der Waals surface area contributed by atoms with Gasteiger partial charge in [-0.25, -0.2) is 13.8 Å². The number of fused-ring (bicyclic) bond motifs is 3. The van der Waals surface area contributed by atoms with Crippen molar-refractivity contribution in [2.45, 2.75) is 25.7 Å². The van der Waals surface area contributed by atoms with Crippen molar-refractivity contribution < 1.29 is 18.6 Å². The van der Waals surface area contributed by atoms with Gasteiger partial charge in [0.2, 0.25) is 5.95 Å². The minimum atomic E-state index is -0.469. The SMILES string of the molecule is CN1CCC(Cn2c(NC#N)nc3cc(/C=C4/c5ccc(F)cc5OCc5c(F)cccc54)ccc32)[C@H](O)C1. The molecule has 198 valence electrons. The highest BCUT2D eigenvalue weighted by Gasteiger charge is 2.28. The lowest BCUT2D eigenvalue weighted by molar-refractivity contribution is 0.0257. The molecule has 1 aromatic heterocycles. The van der Waals surface area contributed by atoms with Crippen LogP contribution < -0.4 is 10.1 Å². The number of halogens is 2. The number of aliphatic hydroxyl groups is 1. The van der Waals surface area contributed by atoms with Crippen LogP contribution >= 0.6 is 0 Å². The Hall–Kier alpha value is -4.26. The van der Waals surface area contributed by atoms with Crippen LogP contribution in [0.15, 0.2) is 54.6 Å². The number of nitrogens with one attached hydrogen (secondary N) is 1. The van der Waals surface area contributed by atoms with E-state index in [0.29, 0.717) is 52.6 Å². The summed E-state index contributed by atoms with van der Waals surface area (Å²) in [6.45, 7) is 2.02. The number of nitriles is 1. The number of β-amino-alcohol motifs (C(OH)–C–C–N with tert-alkyl or cyclic N) is 1. The summed E-state index contributed by atoms with van der Waals surface area (Å²) in [5.74, 6) is -0.0178. The van der Waals surface area contributed by atoms with E-state index in [-0.39, 0.29) is 18.3 Å². The van der Waals surface area contributed by atoms with Crippen molar-refractivity contribution in [3.63, 3.8) is 0 Å². The van der Waals surface area contributed by atoms with Crippen LogP contribution in [0.25, 0.3) is 22.7 Å². The van der Waals surface area contributed by atoms with Crippen LogP contribution in [0.5, 0.6) is 5.75 Å². The number of hydrogen-bond acceptors (Lipinski definition) is 6. The first-order chi connectivity index (χ1) is 18.9. The summed E-state index contributed by atoms with van der Waals surface area (Å²) >= 11 is 0. The third-order valence-electron chi connectivity index (χ3n) is 7.61. The molecule has 39 heavy (non-hydrogen) atoms. The second-order valence-electron chi connectivity index (χ2n) is 10.2. The van der Waals surface area contributed by atoms with Crippen molar-refractivity contribution in [1.82, 2.24) is 14.5 Å². The van der Waals surface area contributed by atoms with Gasteiger partial charge < -0.3 is 19.3 Å². The predicted molar refractivity (Wildman–Crippen MR) is 145 cm³/mol. The number of piperidine rings is 1. The van der Waals surface area contributed by atoms with E-state index in [9.17, 15) is 19.1 Å². The van der Waals surface area contributed by atoms with Crippen molar-refractivity contribution in [2.24, 2.45) is 5.92 Å². The highest BCUT2D eigenvalue weighted by Crippen LogP contribution is 2.39. The molecule has 2 aliphatic rings. The van der Waals surface area contributed by atoms with Gasteiger partial charge in [0.1, 0.15) is 24.0 Å². The number of aromatic nitrogens is 2. The molecule has 0 radical (unpaired) electrons. The Kier molecular flexibility index (Phi) is 6.51. The van der Waals surface area contributed by atoms with Crippen LogP contribution in [0, 0.1) is 29.0 Å². The molecule has 1 unspecified atom stereocenters. The van der Waals surface area contributed by atoms with E-state index in [1.165, 1.54) is 18.2 Å². The number of likely N-dealkylation sites (N-methyl/N-ethyl adjacent to an activating group) is 1. The summed E-state index contributed by atoms with van der Waals surface area (Å²) in [5, 5.41) is 22.7. The smallest absolute Gasteiger partial charge is 0.217 e. The molecule has 2 aliphatic heterocycles. The Labute approximate surface area is 224 Å². The van der Waals surface area contributed by atoms with Gasteiger partial charge in [0.15, 0.2) is 6.19 Å². The first-order valence-electron chi connectivity index (χ1n) is 12.9. The minimum Gasteiger partial charge on any atom is -0.488 e. The molecule has 4 aromatic rings. The number of benzene rings is 3. The van der Waals surface area contributed by atoms with Crippen LogP contribution in [0.3, 0.4) is 0 Å². The van der Waals surface area contributed by atoms with Crippen LogP contribution in [-0.2, 0) is 13.2 Å². The molecular formula is C30H27F2N5O2. The summed E-state index contributed by atoms with van der Waals surface area (Å²) in [5.41, 5.74) is 4.76. The van der Waals surface area contributed by atoms with Crippen molar-refractivity contribution >= 4 is 28.6 Å². The lowest BCUT2D eigenvalue weighted by atomic mass is 9.92. The largest absolute Gasteiger partial charge is 0.488 e. The lowest BCUT2D eigenvalue weighted by Gasteiger charge is -2.34. The lowest BCUT2D eigenvalue weighted by Crippen LogP contribution is -2.43. The number of hydrogen-bond donors (Lipinski definition) is 2. The zero-order chi connectivity index (χ0) is 27.1. The Morgan fingerprint density at radius 1 is 1.18 bits per heavy atom. The molecular weight excluding hydrogens is 500 g/mol. The maximum Gasteiger partial charge on any atom is 0.217 e. The third-order valence-corrected chi connectivity index (χ3v) is 7.61. The van der Waals surface area contributed by atoms with E-state index in [2.05, 4.69) is 15.2 Å². The van der Waals surface area contributed by atoms with E-state index in [1.54, 1.807) is 12.1 Å². The van der Waals surface area contributed by atoms with Crippen molar-refractivity contribution in [3.8, 4) is 11.9 Å². The maximum atomic E-state index is 14.8. The van der Waals surface area contributed by atoms with Gasteiger partial charge in [0.05, 0.1) is 17.1 Å². The highest BCUT2D eigenvalue weighted by molar-refractivity contribution is 5.96. The third kappa shape index (κ3) is 4.73. The van der Waals surface area contributed by atoms with Crippen molar-refractivity contribution in [1.29, 1.82) is 5.26 Å². The molecule has 0 spiro atoms. The summed E-state index contributed by atoms with van der Waals surface area (Å²) in [4.78, 5) is 6.78. The quantitative estimate of drug-likeness (QED) is 0.287. The highest BCUT2D eigenvalue weighted by atomic mass is 19.1. The van der Waals surface area contributed by atoms with Crippen LogP contribution in [0.1, 0.15) is 28.7 Å². The molecule has 1 saturated heterocycles. The zero-order valence-electron chi connectivity index (χ0n) is 21.4. The second kappa shape index (κ2) is 10.1. The molecule has 0 amide bonds. The van der Waals surface area contributed by atoms with E-state index in [1.807, 2.05) is 48.1 Å². The first kappa shape index (κ1) is 25.0. The van der Waals surface area contributed by atoms with Gasteiger partial charge in [-0.05, 0) is 73.1 Å². The second-order valence-corrected chi connectivity index (χ2v) is 10.2. The van der Waals surface area contributed by atoms with E-state index >= 15 is 0 Å². The van der Waals surface area contributed by atoms with Crippen molar-refractivity contribution in [2.75, 3.05) is 25.5 Å². The van der Waals surface area contributed by atoms with Gasteiger partial charge in [-0.2, -0.15) is 5.26 Å². The van der Waals surface area contributed by atoms with Crippen molar-refractivity contribution in [3.05, 3.63) is 88.5 Å². The Morgan fingerprint density at radius 3 is 2.87 bits per heavy atom. The minimum absolute atomic E-state index is 0.00869. The van der Waals surface area contributed by atoms with Gasteiger partial charge in [0.25, 0.3) is 0 Å². The van der Waals surface area contributed by atoms with Gasteiger partial charge in [-0.1, -0.05) is 18.2 Å². The average molecular weight is 528 g/mol. The number of aliphatic hydroxyl groups excluding tert-OH is 1. The van der Waals surface area contributed by atoms with Gasteiger partial charge >= 0.3 is 0 Å². The summed E-state index contributed by atoms with van der Waals surface area (Å²) in [6, 6.07) is 15.0. The van der Waals surface area contributed by atoms with Crippen LogP contribution in [0.4, 0.5) is 14.7 Å². The Morgan fingerprint density at radius 2 is 2.05 bits per heavy atom. The molecule has 3 heterocycles. The average Bonchev–Trinajstić information content (AvgIpc) is 3.16. The Balaban J connectivity index is 1.44. The fourth-order valence-electron chi connectivity index (χ4n) is 5.57. The fraction of sp³-hybridized carbons (Fsp3) is 0.267. The molecule has 2 N–H and O–H groups in total. The molecule has 1 fully saturated rings. The van der Waals surface area contributed by atoms with Gasteiger partial charge in [0, 0.05) is 36.2 Å². The normalized spacial score (nSPS) is 20.1. The van der Waals surface area contributed by atoms with Gasteiger partial charge in [-0.3, -0.25) is 5.32 Å². The standard InChI is InChI=1S/C30H27F2N5O2/c1-36-10-9-19(28(38)15-36)14-37-27-8-5-18(12-26(27)35-30(37)34-17-33)11-23-21-3-2-4-25(32)24(21)16-39-29-13-20(31)6-7-22(23)29/h2-8,11-13,19,28,38H,9-10,14-16H2,1H3,(H,34,35)/b23-11+/t19?,28-/m1/s1. The summed E-state index contributed by atoms with van der Waals surface area (Å²) in [6.07, 6.45) is 4.25. The number of rotatable bonds is 4. The number of anilines is 1. The van der Waals surface area contributed by atoms with E-state index in [0.717, 1.165) is 24.0 Å².